The Kier molecular flexibility index (Phi) is 31.6. The lowest BCUT2D eigenvalue weighted by Gasteiger charge is -1.99. The molecule has 0 radical (unpaired) electrons. The Morgan fingerprint density at radius 1 is 1.15 bits per heavy atom. The van der Waals surface area contributed by atoms with Crippen molar-refractivity contribution in [1.82, 2.24) is 12.3 Å². The van der Waals surface area contributed by atoms with Crippen LogP contribution in [0.5, 0.6) is 0 Å². The summed E-state index contributed by atoms with van der Waals surface area (Å²) in [5, 5.41) is 16.0. The maximum atomic E-state index is 9.85. The molecular weight excluding hydrogens is 225 g/mol. The van der Waals surface area contributed by atoms with Gasteiger partial charge in [-0.1, -0.05) is 0 Å². The van der Waals surface area contributed by atoms with E-state index in [-0.39, 0.29) is 37.1 Å². The van der Waals surface area contributed by atoms with Crippen molar-refractivity contribution in [3.05, 3.63) is 0 Å². The zero-order chi connectivity index (χ0) is 7.44. The van der Waals surface area contributed by atoms with E-state index in [0.717, 1.165) is 0 Å². The van der Waals surface area contributed by atoms with E-state index in [1.54, 1.807) is 0 Å². The van der Waals surface area contributed by atoms with E-state index >= 15 is 0 Å². The number of hydrogen-bond acceptors (Lipinski definition) is 5. The molecule has 0 amide bonds. The standard InChI is InChI=1S/C4H7NO4.2ClH.2H3N/c5-2(4(8)9)1-3(6)7;;;;/h2H,1,5H2,(H,6,7)(H,8,9);2*1H;2*1H3/t2-;;;;/m0..../s1. The lowest BCUT2D eigenvalue weighted by atomic mass is 10.2. The topological polar surface area (TPSA) is 171 Å². The molecular formula is C4H15Cl2N3O4. The lowest BCUT2D eigenvalue weighted by Crippen LogP contribution is -2.32. The van der Waals surface area contributed by atoms with Gasteiger partial charge in [0.1, 0.15) is 6.04 Å². The van der Waals surface area contributed by atoms with Gasteiger partial charge in [-0.3, -0.25) is 9.59 Å². The Balaban J connectivity index is -0.0000000533. The van der Waals surface area contributed by atoms with Gasteiger partial charge in [0.2, 0.25) is 0 Å². The van der Waals surface area contributed by atoms with Crippen LogP contribution < -0.4 is 18.0 Å². The number of carboxylic acids is 2. The quantitative estimate of drug-likeness (QED) is 0.463. The fraction of sp³-hybridized carbons (Fsp3) is 0.500. The van der Waals surface area contributed by atoms with Gasteiger partial charge in [-0.05, 0) is 0 Å². The van der Waals surface area contributed by atoms with Crippen molar-refractivity contribution in [2.24, 2.45) is 5.73 Å². The molecule has 0 spiro atoms. The van der Waals surface area contributed by atoms with Gasteiger partial charge < -0.3 is 28.2 Å². The van der Waals surface area contributed by atoms with Crippen LogP contribution in [0.25, 0.3) is 0 Å². The number of rotatable bonds is 3. The third-order valence-corrected chi connectivity index (χ3v) is 0.712. The first kappa shape index (κ1) is 29.4. The summed E-state index contributed by atoms with van der Waals surface area (Å²) in [7, 11) is 0. The summed E-state index contributed by atoms with van der Waals surface area (Å²) in [4.78, 5) is 19.6. The van der Waals surface area contributed by atoms with Gasteiger partial charge in [-0.2, -0.15) is 0 Å². The minimum Gasteiger partial charge on any atom is -0.481 e. The Morgan fingerprint density at radius 3 is 1.54 bits per heavy atom. The number of carboxylic acid groups (broad SMARTS) is 2. The van der Waals surface area contributed by atoms with Gasteiger partial charge in [-0.25, -0.2) is 0 Å². The number of halogens is 2. The summed E-state index contributed by atoms with van der Waals surface area (Å²) in [5.74, 6) is -2.50. The van der Waals surface area contributed by atoms with E-state index < -0.39 is 24.4 Å². The molecule has 1 atom stereocenters. The van der Waals surface area contributed by atoms with Crippen LogP contribution >= 0.6 is 24.8 Å². The molecule has 0 aromatic carbocycles. The van der Waals surface area contributed by atoms with Crippen molar-refractivity contribution in [2.45, 2.75) is 12.5 Å². The number of aliphatic carboxylic acids is 2. The predicted molar refractivity (Wildman–Crippen MR) is 52.4 cm³/mol. The van der Waals surface area contributed by atoms with Crippen molar-refractivity contribution in [3.8, 4) is 0 Å². The third-order valence-electron chi connectivity index (χ3n) is 0.712. The normalized spacial score (nSPS) is 8.69. The van der Waals surface area contributed by atoms with Gasteiger partial charge in [-0.15, -0.1) is 24.8 Å². The monoisotopic (exact) mass is 239 g/mol. The number of hydrogen-bond donors (Lipinski definition) is 5. The summed E-state index contributed by atoms with van der Waals surface area (Å²) in [6.07, 6.45) is -0.532. The largest absolute Gasteiger partial charge is 0.481 e. The SMILES string of the molecule is Cl.Cl.N.N.N[C@@H](CC(=O)O)C(=O)O. The van der Waals surface area contributed by atoms with E-state index in [1.807, 2.05) is 0 Å². The maximum Gasteiger partial charge on any atom is 0.321 e. The van der Waals surface area contributed by atoms with Gasteiger partial charge in [0, 0.05) is 0 Å². The second-order valence-electron chi connectivity index (χ2n) is 1.54. The summed E-state index contributed by atoms with van der Waals surface area (Å²) in [6.45, 7) is 0. The second kappa shape index (κ2) is 14.0. The minimum absolute atomic E-state index is 0. The molecule has 9 heteroatoms. The van der Waals surface area contributed by atoms with E-state index in [1.165, 1.54) is 0 Å². The Labute approximate surface area is 87.7 Å². The first-order valence-corrected chi connectivity index (χ1v) is 2.24. The molecule has 0 saturated carbocycles. The first-order chi connectivity index (χ1) is 4.04. The van der Waals surface area contributed by atoms with Gasteiger partial charge in [0.05, 0.1) is 6.42 Å². The smallest absolute Gasteiger partial charge is 0.321 e. The van der Waals surface area contributed by atoms with Crippen LogP contribution in [-0.4, -0.2) is 28.2 Å². The lowest BCUT2D eigenvalue weighted by molar-refractivity contribution is -0.144. The zero-order valence-electron chi connectivity index (χ0n) is 6.80. The molecule has 84 valence electrons. The van der Waals surface area contributed by atoms with Crippen LogP contribution in [0.2, 0.25) is 0 Å². The molecule has 0 bridgehead atoms. The summed E-state index contributed by atoms with van der Waals surface area (Å²) in [5.41, 5.74) is 4.84. The summed E-state index contributed by atoms with van der Waals surface area (Å²) in [6, 6.07) is -1.29. The highest BCUT2D eigenvalue weighted by Gasteiger charge is 2.14. The molecule has 0 aliphatic rings. The fourth-order valence-corrected chi connectivity index (χ4v) is 0.275. The summed E-state index contributed by atoms with van der Waals surface area (Å²) < 4.78 is 0. The fourth-order valence-electron chi connectivity index (χ4n) is 0.275. The highest BCUT2D eigenvalue weighted by Crippen LogP contribution is 1.86. The second-order valence-corrected chi connectivity index (χ2v) is 1.54. The average Bonchev–Trinajstić information content (AvgIpc) is 1.63. The van der Waals surface area contributed by atoms with Crippen molar-refractivity contribution < 1.29 is 19.8 Å². The minimum atomic E-state index is -1.29. The third kappa shape index (κ3) is 18.4. The summed E-state index contributed by atoms with van der Waals surface area (Å²) >= 11 is 0. The number of nitrogens with two attached hydrogens (primary N) is 1. The Bertz CT molecular complexity index is 145. The van der Waals surface area contributed by atoms with Crippen LogP contribution in [0.15, 0.2) is 0 Å². The molecule has 0 rings (SSSR count). The van der Waals surface area contributed by atoms with Crippen LogP contribution in [0.3, 0.4) is 0 Å². The van der Waals surface area contributed by atoms with Crippen LogP contribution in [0.4, 0.5) is 0 Å². The van der Waals surface area contributed by atoms with Crippen molar-refractivity contribution >= 4 is 36.8 Å². The van der Waals surface area contributed by atoms with Gasteiger partial charge in [0.15, 0.2) is 0 Å². The zero-order valence-corrected chi connectivity index (χ0v) is 8.44. The van der Waals surface area contributed by atoms with Crippen LogP contribution in [-0.2, 0) is 9.59 Å². The predicted octanol–water partition coefficient (Wildman–Crippen LogP) is 0.0406. The van der Waals surface area contributed by atoms with Crippen LogP contribution in [0.1, 0.15) is 6.42 Å². The Hall–Kier alpha value is -0.600. The van der Waals surface area contributed by atoms with E-state index in [0.29, 0.717) is 0 Å². The highest BCUT2D eigenvalue weighted by molar-refractivity contribution is 5.85. The molecule has 0 aromatic heterocycles. The molecule has 7 nitrogen and oxygen atoms in total. The molecule has 0 saturated heterocycles. The molecule has 0 unspecified atom stereocenters. The highest BCUT2D eigenvalue weighted by atomic mass is 35.5. The molecule has 0 aliphatic heterocycles. The molecule has 0 aliphatic carbocycles. The molecule has 0 heterocycles. The van der Waals surface area contributed by atoms with Gasteiger partial charge in [0.25, 0.3) is 0 Å². The Morgan fingerprint density at radius 2 is 1.46 bits per heavy atom. The molecule has 0 fully saturated rings. The van der Waals surface area contributed by atoms with E-state index in [9.17, 15) is 9.59 Å². The van der Waals surface area contributed by atoms with Crippen LogP contribution in [0, 0.1) is 0 Å². The maximum absolute atomic E-state index is 9.85. The first-order valence-electron chi connectivity index (χ1n) is 2.24. The van der Waals surface area contributed by atoms with Crippen molar-refractivity contribution in [1.29, 1.82) is 0 Å². The van der Waals surface area contributed by atoms with E-state index in [4.69, 9.17) is 15.9 Å². The molecule has 10 N–H and O–H groups in total. The molecule has 0 aromatic rings. The number of carbonyl (C=O) groups is 2. The van der Waals surface area contributed by atoms with Gasteiger partial charge >= 0.3 is 11.9 Å². The average molecular weight is 240 g/mol. The van der Waals surface area contributed by atoms with E-state index in [2.05, 4.69) is 0 Å². The van der Waals surface area contributed by atoms with Crippen molar-refractivity contribution in [2.75, 3.05) is 0 Å². The van der Waals surface area contributed by atoms with Crippen molar-refractivity contribution in [3.63, 3.8) is 0 Å². The molecule has 13 heavy (non-hydrogen) atoms.